The standard InChI is InChI=1S/C10H8BrClFNO/c1-2-3-9(15)14-10-7(11)4-6(13)5-8(10)12/h2,4-5H,1,3H2,(H,14,15). The molecule has 0 spiro atoms. The van der Waals surface area contributed by atoms with Gasteiger partial charge in [0.1, 0.15) is 5.82 Å². The van der Waals surface area contributed by atoms with Gasteiger partial charge in [0.2, 0.25) is 5.91 Å². The molecule has 0 atom stereocenters. The van der Waals surface area contributed by atoms with Crippen molar-refractivity contribution in [2.75, 3.05) is 5.32 Å². The van der Waals surface area contributed by atoms with Crippen molar-refractivity contribution in [1.29, 1.82) is 0 Å². The summed E-state index contributed by atoms with van der Waals surface area (Å²) < 4.78 is 13.3. The fraction of sp³-hybridized carbons (Fsp3) is 0.100. The van der Waals surface area contributed by atoms with E-state index in [9.17, 15) is 9.18 Å². The minimum Gasteiger partial charge on any atom is -0.324 e. The van der Waals surface area contributed by atoms with Gasteiger partial charge in [0.15, 0.2) is 0 Å². The van der Waals surface area contributed by atoms with Crippen LogP contribution in [0.3, 0.4) is 0 Å². The van der Waals surface area contributed by atoms with E-state index in [1.165, 1.54) is 12.1 Å². The maximum atomic E-state index is 12.9. The van der Waals surface area contributed by atoms with Crippen LogP contribution in [0.2, 0.25) is 5.02 Å². The molecule has 0 unspecified atom stereocenters. The largest absolute Gasteiger partial charge is 0.324 e. The molecule has 0 aromatic heterocycles. The molecule has 0 aliphatic heterocycles. The summed E-state index contributed by atoms with van der Waals surface area (Å²) >= 11 is 8.88. The van der Waals surface area contributed by atoms with Crippen LogP contribution in [0.5, 0.6) is 0 Å². The van der Waals surface area contributed by atoms with E-state index in [1.54, 1.807) is 0 Å². The summed E-state index contributed by atoms with van der Waals surface area (Å²) in [4.78, 5) is 11.2. The smallest absolute Gasteiger partial charge is 0.228 e. The molecule has 0 aliphatic carbocycles. The van der Waals surface area contributed by atoms with Crippen molar-refractivity contribution in [2.45, 2.75) is 6.42 Å². The number of anilines is 1. The molecular weight excluding hydrogens is 284 g/mol. The lowest BCUT2D eigenvalue weighted by Gasteiger charge is -2.08. The number of hydrogen-bond donors (Lipinski definition) is 1. The van der Waals surface area contributed by atoms with Crippen LogP contribution in [0.4, 0.5) is 10.1 Å². The number of nitrogens with one attached hydrogen (secondary N) is 1. The Balaban J connectivity index is 2.94. The van der Waals surface area contributed by atoms with Crippen molar-refractivity contribution in [1.82, 2.24) is 0 Å². The molecule has 1 rings (SSSR count). The fourth-order valence-corrected chi connectivity index (χ4v) is 1.88. The molecule has 0 saturated carbocycles. The zero-order valence-corrected chi connectivity index (χ0v) is 10.0. The van der Waals surface area contributed by atoms with Gasteiger partial charge in [-0.25, -0.2) is 4.39 Å². The van der Waals surface area contributed by atoms with E-state index in [1.807, 2.05) is 0 Å². The van der Waals surface area contributed by atoms with Crippen molar-refractivity contribution >= 4 is 39.1 Å². The molecule has 1 N–H and O–H groups in total. The second-order valence-electron chi connectivity index (χ2n) is 2.79. The van der Waals surface area contributed by atoms with Gasteiger partial charge in [-0.15, -0.1) is 6.58 Å². The summed E-state index contributed by atoms with van der Waals surface area (Å²) in [6.45, 7) is 3.44. The van der Waals surface area contributed by atoms with Crippen molar-refractivity contribution in [3.8, 4) is 0 Å². The number of hydrogen-bond acceptors (Lipinski definition) is 1. The van der Waals surface area contributed by atoms with Gasteiger partial charge in [-0.2, -0.15) is 0 Å². The van der Waals surface area contributed by atoms with Gasteiger partial charge in [-0.05, 0) is 28.1 Å². The van der Waals surface area contributed by atoms with Gasteiger partial charge in [-0.3, -0.25) is 4.79 Å². The van der Waals surface area contributed by atoms with Crippen molar-refractivity contribution < 1.29 is 9.18 Å². The highest BCUT2D eigenvalue weighted by Crippen LogP contribution is 2.31. The molecule has 0 bridgehead atoms. The Morgan fingerprint density at radius 2 is 2.33 bits per heavy atom. The molecule has 0 heterocycles. The molecule has 1 aromatic carbocycles. The van der Waals surface area contributed by atoms with Crippen LogP contribution in [0.1, 0.15) is 6.42 Å². The molecule has 0 aliphatic rings. The SMILES string of the molecule is C=CCC(=O)Nc1c(Cl)cc(F)cc1Br. The van der Waals surface area contributed by atoms with Crippen LogP contribution in [-0.4, -0.2) is 5.91 Å². The van der Waals surface area contributed by atoms with E-state index < -0.39 is 5.82 Å². The first kappa shape index (κ1) is 12.2. The third kappa shape index (κ3) is 3.32. The molecule has 2 nitrogen and oxygen atoms in total. The lowest BCUT2D eigenvalue weighted by atomic mass is 10.3. The van der Waals surface area contributed by atoms with Gasteiger partial charge in [0.05, 0.1) is 10.7 Å². The molecule has 80 valence electrons. The second kappa shape index (κ2) is 5.28. The highest BCUT2D eigenvalue weighted by molar-refractivity contribution is 9.10. The quantitative estimate of drug-likeness (QED) is 0.845. The van der Waals surface area contributed by atoms with Gasteiger partial charge in [-0.1, -0.05) is 17.7 Å². The molecule has 15 heavy (non-hydrogen) atoms. The molecule has 1 amide bonds. The van der Waals surface area contributed by atoms with Crippen molar-refractivity contribution in [2.24, 2.45) is 0 Å². The van der Waals surface area contributed by atoms with Gasteiger partial charge in [0, 0.05) is 10.9 Å². The van der Waals surface area contributed by atoms with Crippen LogP contribution >= 0.6 is 27.5 Å². The summed E-state index contributed by atoms with van der Waals surface area (Å²) in [5.41, 5.74) is 0.366. The summed E-state index contributed by atoms with van der Waals surface area (Å²) in [6.07, 6.45) is 1.65. The minimum atomic E-state index is -0.464. The summed E-state index contributed by atoms with van der Waals surface area (Å²) in [7, 11) is 0. The number of halogens is 3. The predicted molar refractivity (Wildman–Crippen MR) is 62.6 cm³/mol. The zero-order chi connectivity index (χ0) is 11.4. The summed E-state index contributed by atoms with van der Waals surface area (Å²) in [5.74, 6) is -0.715. The maximum absolute atomic E-state index is 12.9. The highest BCUT2D eigenvalue weighted by atomic mass is 79.9. The van der Waals surface area contributed by atoms with Crippen LogP contribution in [0.15, 0.2) is 29.3 Å². The molecule has 0 saturated heterocycles. The fourth-order valence-electron chi connectivity index (χ4n) is 0.983. The first-order valence-corrected chi connectivity index (χ1v) is 5.27. The van der Waals surface area contributed by atoms with Gasteiger partial charge in [0.25, 0.3) is 0 Å². The number of amides is 1. The first-order valence-electron chi connectivity index (χ1n) is 4.10. The number of carbonyl (C=O) groups is 1. The second-order valence-corrected chi connectivity index (χ2v) is 4.05. The minimum absolute atomic E-state index is 0.152. The molecule has 0 fully saturated rings. The lowest BCUT2D eigenvalue weighted by molar-refractivity contribution is -0.115. The molecule has 1 aromatic rings. The zero-order valence-electron chi connectivity index (χ0n) is 7.69. The summed E-state index contributed by atoms with van der Waals surface area (Å²) in [6, 6.07) is 2.37. The van der Waals surface area contributed by atoms with Crippen molar-refractivity contribution in [3.05, 3.63) is 40.1 Å². The van der Waals surface area contributed by atoms with E-state index in [0.29, 0.717) is 10.2 Å². The highest BCUT2D eigenvalue weighted by Gasteiger charge is 2.10. The Labute approximate surface area is 100 Å². The normalized spacial score (nSPS) is 9.80. The van der Waals surface area contributed by atoms with Gasteiger partial charge >= 0.3 is 0 Å². The number of benzene rings is 1. The van der Waals surface area contributed by atoms with E-state index in [0.717, 1.165) is 6.07 Å². The Morgan fingerprint density at radius 3 is 2.87 bits per heavy atom. The van der Waals surface area contributed by atoms with E-state index in [2.05, 4.69) is 27.8 Å². The van der Waals surface area contributed by atoms with Crippen molar-refractivity contribution in [3.63, 3.8) is 0 Å². The maximum Gasteiger partial charge on any atom is 0.228 e. The van der Waals surface area contributed by atoms with Gasteiger partial charge < -0.3 is 5.32 Å². The van der Waals surface area contributed by atoms with E-state index >= 15 is 0 Å². The third-order valence-electron chi connectivity index (χ3n) is 1.60. The average molecular weight is 293 g/mol. The van der Waals surface area contributed by atoms with Crippen LogP contribution in [-0.2, 0) is 4.79 Å². The number of carbonyl (C=O) groups excluding carboxylic acids is 1. The molecule has 5 heteroatoms. The topological polar surface area (TPSA) is 29.1 Å². The van der Waals surface area contributed by atoms with Crippen LogP contribution in [0, 0.1) is 5.82 Å². The Kier molecular flexibility index (Phi) is 4.29. The molecular formula is C10H8BrClFNO. The summed E-state index contributed by atoms with van der Waals surface area (Å²) in [5, 5.41) is 2.70. The Bertz CT molecular complexity index is 385. The lowest BCUT2D eigenvalue weighted by Crippen LogP contribution is -2.10. The van der Waals surface area contributed by atoms with E-state index in [-0.39, 0.29) is 17.4 Å². The first-order chi connectivity index (χ1) is 7.04. The number of rotatable bonds is 3. The predicted octanol–water partition coefficient (Wildman–Crippen LogP) is 3.76. The Morgan fingerprint density at radius 1 is 1.67 bits per heavy atom. The Hall–Kier alpha value is -0.870. The van der Waals surface area contributed by atoms with Crippen LogP contribution < -0.4 is 5.32 Å². The third-order valence-corrected chi connectivity index (χ3v) is 2.52. The van der Waals surface area contributed by atoms with E-state index in [4.69, 9.17) is 11.6 Å². The average Bonchev–Trinajstić information content (AvgIpc) is 2.11. The molecule has 0 radical (unpaired) electrons. The van der Waals surface area contributed by atoms with Crippen LogP contribution in [0.25, 0.3) is 0 Å². The monoisotopic (exact) mass is 291 g/mol.